The Morgan fingerprint density at radius 2 is 0.981 bits per heavy atom. The van der Waals surface area contributed by atoms with Gasteiger partial charge in [-0.2, -0.15) is 0 Å². The molecule has 0 bridgehead atoms. The quantitative estimate of drug-likeness (QED) is 0.137. The molecular formula is C51H33N3. The molecule has 0 radical (unpaired) electrons. The van der Waals surface area contributed by atoms with Gasteiger partial charge in [-0.05, 0) is 82.0 Å². The van der Waals surface area contributed by atoms with Crippen LogP contribution in [0.5, 0.6) is 0 Å². The third kappa shape index (κ3) is 3.64. The largest absolute Gasteiger partial charge is 0.211 e. The van der Waals surface area contributed by atoms with E-state index in [4.69, 9.17) is 15.0 Å². The van der Waals surface area contributed by atoms with Gasteiger partial charge in [-0.3, -0.25) is 0 Å². The summed E-state index contributed by atoms with van der Waals surface area (Å²) in [6.07, 6.45) is 0. The maximum atomic E-state index is 5.70. The number of hydrogen-bond acceptors (Lipinski definition) is 3. The van der Waals surface area contributed by atoms with E-state index in [-0.39, 0.29) is 5.41 Å². The first-order valence-electron chi connectivity index (χ1n) is 18.8. The highest BCUT2D eigenvalue weighted by Crippen LogP contribution is 2.58. The SMILES string of the molecule is CC1(C)c2ccccc2-c2c(-c3nc(-c4ccccc4)nc(C4(c5ccccc5)c5cccc6c7cccc8ccc9ccc4c(c56)c9c87)n3)cccc21. The van der Waals surface area contributed by atoms with E-state index < -0.39 is 5.41 Å². The Bertz CT molecular complexity index is 3180. The Balaban J connectivity index is 1.25. The first kappa shape index (κ1) is 29.8. The predicted molar refractivity (Wildman–Crippen MR) is 221 cm³/mol. The Labute approximate surface area is 313 Å². The summed E-state index contributed by atoms with van der Waals surface area (Å²) in [5.74, 6) is 2.09. The van der Waals surface area contributed by atoms with E-state index in [9.17, 15) is 0 Å². The van der Waals surface area contributed by atoms with Gasteiger partial charge < -0.3 is 0 Å². The lowest BCUT2D eigenvalue weighted by molar-refractivity contribution is 0.660. The molecule has 0 spiro atoms. The topological polar surface area (TPSA) is 38.7 Å². The summed E-state index contributed by atoms with van der Waals surface area (Å²) < 4.78 is 0. The second kappa shape index (κ2) is 10.5. The minimum atomic E-state index is -0.809. The molecule has 1 unspecified atom stereocenters. The molecule has 1 atom stereocenters. The summed E-state index contributed by atoms with van der Waals surface area (Å²) in [5.41, 5.74) is 9.66. The third-order valence-corrected chi connectivity index (χ3v) is 12.5. The molecule has 252 valence electrons. The maximum absolute atomic E-state index is 5.70. The van der Waals surface area contributed by atoms with Crippen LogP contribution in [0.2, 0.25) is 0 Å². The first-order chi connectivity index (χ1) is 26.5. The molecule has 12 rings (SSSR count). The molecule has 3 nitrogen and oxygen atoms in total. The monoisotopic (exact) mass is 687 g/mol. The van der Waals surface area contributed by atoms with Gasteiger partial charge >= 0.3 is 0 Å². The zero-order valence-electron chi connectivity index (χ0n) is 29.9. The Hall–Kier alpha value is -6.71. The fraction of sp³-hybridized carbons (Fsp3) is 0.0784. The highest BCUT2D eigenvalue weighted by molar-refractivity contribution is 6.36. The lowest BCUT2D eigenvalue weighted by Crippen LogP contribution is -2.32. The number of fused-ring (bicyclic) bond motifs is 4. The Morgan fingerprint density at radius 3 is 1.81 bits per heavy atom. The average molecular weight is 688 g/mol. The van der Waals surface area contributed by atoms with Crippen LogP contribution < -0.4 is 0 Å². The van der Waals surface area contributed by atoms with Gasteiger partial charge in [0.1, 0.15) is 5.41 Å². The second-order valence-corrected chi connectivity index (χ2v) is 15.5. The lowest BCUT2D eigenvalue weighted by Gasteiger charge is -2.32. The van der Waals surface area contributed by atoms with E-state index in [0.29, 0.717) is 11.6 Å². The van der Waals surface area contributed by atoms with Gasteiger partial charge in [-0.1, -0.05) is 178 Å². The number of rotatable bonds is 4. The predicted octanol–water partition coefficient (Wildman–Crippen LogP) is 12.3. The summed E-state index contributed by atoms with van der Waals surface area (Å²) in [4.78, 5) is 16.6. The highest BCUT2D eigenvalue weighted by Gasteiger charge is 2.49. The van der Waals surface area contributed by atoms with Crippen molar-refractivity contribution in [3.05, 3.63) is 197 Å². The summed E-state index contributed by atoms with van der Waals surface area (Å²) in [5, 5.41) is 10.3. The van der Waals surface area contributed by atoms with Crippen molar-refractivity contribution in [3.8, 4) is 33.9 Å². The van der Waals surface area contributed by atoms with Crippen molar-refractivity contribution in [2.45, 2.75) is 24.7 Å². The van der Waals surface area contributed by atoms with Gasteiger partial charge in [0.2, 0.25) is 0 Å². The van der Waals surface area contributed by atoms with Crippen molar-refractivity contribution in [1.29, 1.82) is 0 Å². The first-order valence-corrected chi connectivity index (χ1v) is 18.8. The Kier molecular flexibility index (Phi) is 5.78. The van der Waals surface area contributed by atoms with E-state index in [1.165, 1.54) is 76.5 Å². The van der Waals surface area contributed by atoms with Crippen LogP contribution in [0.4, 0.5) is 0 Å². The molecule has 0 aliphatic heterocycles. The van der Waals surface area contributed by atoms with Crippen molar-refractivity contribution < 1.29 is 0 Å². The second-order valence-electron chi connectivity index (χ2n) is 15.5. The molecule has 0 saturated carbocycles. The summed E-state index contributed by atoms with van der Waals surface area (Å²) in [6, 6.07) is 59.5. The van der Waals surface area contributed by atoms with Crippen molar-refractivity contribution in [3.63, 3.8) is 0 Å². The van der Waals surface area contributed by atoms with Crippen LogP contribution in [0.1, 0.15) is 47.5 Å². The molecule has 0 N–H and O–H groups in total. The van der Waals surface area contributed by atoms with Crippen molar-refractivity contribution >= 4 is 43.1 Å². The van der Waals surface area contributed by atoms with Gasteiger partial charge in [0.05, 0.1) is 0 Å². The standard InChI is InChI=1S/C51H33N3/c1-50(2)38-23-10-9-19-36(38)44-37(22-13-24-39(44)50)48-52-47(32-14-5-3-6-15-32)53-49(54-48)51(33-17-7-4-8-18-33)40-25-12-21-35-34-20-11-16-30-26-27-31-28-29-41(51)46(45(35)40)43(31)42(30)34/h3-29H,1-2H3. The van der Waals surface area contributed by atoms with Crippen LogP contribution in [0.25, 0.3) is 77.0 Å². The molecule has 0 amide bonds. The molecule has 0 saturated heterocycles. The fourth-order valence-electron chi connectivity index (χ4n) is 10.2. The van der Waals surface area contributed by atoms with Crippen LogP contribution in [-0.2, 0) is 10.8 Å². The van der Waals surface area contributed by atoms with Gasteiger partial charge in [0.15, 0.2) is 17.5 Å². The van der Waals surface area contributed by atoms with Crippen molar-refractivity contribution in [2.24, 2.45) is 0 Å². The van der Waals surface area contributed by atoms with Crippen molar-refractivity contribution in [2.75, 3.05) is 0 Å². The van der Waals surface area contributed by atoms with Crippen LogP contribution in [0.15, 0.2) is 164 Å². The molecule has 1 aromatic heterocycles. The maximum Gasteiger partial charge on any atom is 0.164 e. The van der Waals surface area contributed by atoms with Crippen molar-refractivity contribution in [1.82, 2.24) is 15.0 Å². The molecule has 1 heterocycles. The van der Waals surface area contributed by atoms with Gasteiger partial charge in [0.25, 0.3) is 0 Å². The van der Waals surface area contributed by atoms with Crippen LogP contribution >= 0.6 is 0 Å². The summed E-state index contributed by atoms with van der Waals surface area (Å²) in [6.45, 7) is 4.65. The molecule has 54 heavy (non-hydrogen) atoms. The number of nitrogens with zero attached hydrogens (tertiary/aromatic N) is 3. The van der Waals surface area contributed by atoms with E-state index >= 15 is 0 Å². The Morgan fingerprint density at radius 1 is 0.389 bits per heavy atom. The minimum absolute atomic E-state index is 0.151. The molecule has 2 aliphatic carbocycles. The molecule has 3 heteroatoms. The third-order valence-electron chi connectivity index (χ3n) is 12.5. The van der Waals surface area contributed by atoms with E-state index in [1.54, 1.807) is 0 Å². The molecule has 9 aromatic carbocycles. The van der Waals surface area contributed by atoms with E-state index in [2.05, 4.69) is 172 Å². The number of benzene rings is 9. The van der Waals surface area contributed by atoms with Crippen LogP contribution in [0.3, 0.4) is 0 Å². The highest BCUT2D eigenvalue weighted by atomic mass is 15.0. The summed E-state index contributed by atoms with van der Waals surface area (Å²) in [7, 11) is 0. The molecular weight excluding hydrogens is 655 g/mol. The normalized spacial score (nSPS) is 16.6. The van der Waals surface area contributed by atoms with Gasteiger partial charge in [-0.15, -0.1) is 0 Å². The number of aromatic nitrogens is 3. The fourth-order valence-corrected chi connectivity index (χ4v) is 10.2. The minimum Gasteiger partial charge on any atom is -0.211 e. The smallest absolute Gasteiger partial charge is 0.164 e. The van der Waals surface area contributed by atoms with Gasteiger partial charge in [-0.25, -0.2) is 15.0 Å². The van der Waals surface area contributed by atoms with Gasteiger partial charge in [0, 0.05) is 16.5 Å². The number of hydrogen-bond donors (Lipinski definition) is 0. The average Bonchev–Trinajstić information content (AvgIpc) is 3.67. The van der Waals surface area contributed by atoms with Crippen LogP contribution in [0, 0.1) is 0 Å². The zero-order valence-corrected chi connectivity index (χ0v) is 29.9. The van der Waals surface area contributed by atoms with E-state index in [0.717, 1.165) is 22.5 Å². The lowest BCUT2D eigenvalue weighted by atomic mass is 9.71. The molecule has 0 fully saturated rings. The molecule has 2 aliphatic rings. The zero-order chi connectivity index (χ0) is 35.8. The summed E-state index contributed by atoms with van der Waals surface area (Å²) >= 11 is 0. The van der Waals surface area contributed by atoms with Crippen LogP contribution in [-0.4, -0.2) is 15.0 Å². The van der Waals surface area contributed by atoms with E-state index in [1.807, 2.05) is 6.07 Å². The molecule has 10 aromatic rings.